The van der Waals surface area contributed by atoms with Crippen molar-refractivity contribution >= 4 is 46.2 Å². The van der Waals surface area contributed by atoms with Crippen molar-refractivity contribution in [3.8, 4) is 0 Å². The van der Waals surface area contributed by atoms with E-state index in [0.717, 1.165) is 22.0 Å². The van der Waals surface area contributed by atoms with Gasteiger partial charge in [0.1, 0.15) is 0 Å². The normalized spacial score (nSPS) is 9.72. The van der Waals surface area contributed by atoms with Gasteiger partial charge in [-0.15, -0.1) is 0 Å². The van der Waals surface area contributed by atoms with Crippen molar-refractivity contribution in [3.63, 3.8) is 0 Å². The number of hydrogen-bond donors (Lipinski definition) is 1. The average molecular weight is 391 g/mol. The molecule has 94 valence electrons. The molecule has 1 aromatic rings. The minimum atomic E-state index is -0.0415. The van der Waals surface area contributed by atoms with Crippen LogP contribution in [0.3, 0.4) is 0 Å². The van der Waals surface area contributed by atoms with E-state index in [1.54, 1.807) is 12.1 Å². The summed E-state index contributed by atoms with van der Waals surface area (Å²) in [6, 6.07) is 5.35. The third-order valence-electron chi connectivity index (χ3n) is 1.95. The number of aryl methyl sites for hydroxylation is 1. The second-order valence-electron chi connectivity index (χ2n) is 3.19. The van der Waals surface area contributed by atoms with Crippen LogP contribution < -0.4 is 40.1 Å². The van der Waals surface area contributed by atoms with Crippen LogP contribution in [0, 0.1) is 6.92 Å². The minimum Gasteiger partial charge on any atom is -0.691 e. The molecular weight excluding hydrogens is 380 g/mol. The smallest absolute Gasteiger partial charge is 0.691 e. The number of hydrogen-bond acceptors (Lipinski definition) is 5. The van der Waals surface area contributed by atoms with Crippen molar-refractivity contribution in [2.24, 2.45) is 0 Å². The summed E-state index contributed by atoms with van der Waals surface area (Å²) in [4.78, 5) is 12.1. The summed E-state index contributed by atoms with van der Waals surface area (Å²) in [5.41, 5.74) is 1.60. The molecule has 5 nitrogen and oxygen atoms in total. The fraction of sp³-hybridized carbons (Fsp3) is 0.300. The van der Waals surface area contributed by atoms with Gasteiger partial charge in [-0.2, -0.15) is 4.33 Å². The summed E-state index contributed by atoms with van der Waals surface area (Å²) in [7, 11) is 0. The zero-order valence-corrected chi connectivity index (χ0v) is 15.0. The number of amides is 1. The van der Waals surface area contributed by atoms with E-state index in [9.17, 15) is 10.1 Å². The van der Waals surface area contributed by atoms with Crippen LogP contribution in [0.1, 0.15) is 12.0 Å². The molecule has 1 aromatic carbocycles. The average Bonchev–Trinajstić information content (AvgIpc) is 2.30. The van der Waals surface area contributed by atoms with Crippen LogP contribution in [0.15, 0.2) is 23.1 Å². The Labute approximate surface area is 145 Å². The van der Waals surface area contributed by atoms with Gasteiger partial charge in [-0.25, -0.2) is 0 Å². The molecule has 0 aromatic heterocycles. The number of anilines is 1. The third-order valence-corrected chi connectivity index (χ3v) is 3.23. The number of carbonyl (C=O) groups excluding carboxylic acids is 1. The first-order valence-electron chi connectivity index (χ1n) is 4.77. The quantitative estimate of drug-likeness (QED) is 0.168. The van der Waals surface area contributed by atoms with Gasteiger partial charge in [-0.05, 0) is 24.6 Å². The molecule has 1 amide bonds. The SMILES string of the molecule is Cc1ccc(NC(=O)CCI)cc1SOO[O-].[Na+]. The topological polar surface area (TPSA) is 70.6 Å². The Morgan fingerprint density at radius 3 is 2.89 bits per heavy atom. The van der Waals surface area contributed by atoms with Gasteiger partial charge in [0.15, 0.2) is 0 Å². The van der Waals surface area contributed by atoms with Crippen molar-refractivity contribution in [3.05, 3.63) is 23.8 Å². The molecule has 0 aliphatic heterocycles. The molecule has 0 heterocycles. The number of nitrogens with one attached hydrogen (secondary N) is 1. The maximum absolute atomic E-state index is 11.4. The molecular formula is C10H11INNaO4S. The molecule has 0 spiro atoms. The number of rotatable bonds is 6. The third kappa shape index (κ3) is 6.71. The number of alkyl halides is 1. The Balaban J connectivity index is 0.00000289. The first-order valence-corrected chi connectivity index (χ1v) is 7.03. The second-order valence-corrected chi connectivity index (χ2v) is 5.01. The summed E-state index contributed by atoms with van der Waals surface area (Å²) >= 11 is 2.95. The van der Waals surface area contributed by atoms with Crippen molar-refractivity contribution < 1.29 is 49.0 Å². The molecule has 1 rings (SSSR count). The summed E-state index contributed by atoms with van der Waals surface area (Å²) in [5, 5.41) is 15.8. The van der Waals surface area contributed by atoms with Crippen LogP contribution in [-0.2, 0) is 14.2 Å². The van der Waals surface area contributed by atoms with Crippen molar-refractivity contribution in [1.82, 2.24) is 0 Å². The molecule has 0 aliphatic carbocycles. The fourth-order valence-electron chi connectivity index (χ4n) is 1.13. The van der Waals surface area contributed by atoms with Gasteiger partial charge in [-0.3, -0.25) is 9.83 Å². The number of benzene rings is 1. The van der Waals surface area contributed by atoms with E-state index < -0.39 is 0 Å². The molecule has 0 bridgehead atoms. The predicted octanol–water partition coefficient (Wildman–Crippen LogP) is -1.01. The molecule has 0 saturated carbocycles. The van der Waals surface area contributed by atoms with Gasteiger partial charge in [-0.1, -0.05) is 28.7 Å². The first-order chi connectivity index (χ1) is 8.17. The molecule has 0 atom stereocenters. The van der Waals surface area contributed by atoms with E-state index in [2.05, 4.69) is 37.3 Å². The summed E-state index contributed by atoms with van der Waals surface area (Å²) < 4.78 is 5.02. The number of halogens is 1. The van der Waals surface area contributed by atoms with Gasteiger partial charge in [0.05, 0.1) is 12.0 Å². The minimum absolute atomic E-state index is 0. The van der Waals surface area contributed by atoms with Crippen molar-refractivity contribution in [2.75, 3.05) is 9.74 Å². The van der Waals surface area contributed by atoms with Gasteiger partial charge >= 0.3 is 29.6 Å². The van der Waals surface area contributed by atoms with E-state index in [-0.39, 0.29) is 35.5 Å². The van der Waals surface area contributed by atoms with Crippen molar-refractivity contribution in [2.45, 2.75) is 18.2 Å². The zero-order chi connectivity index (χ0) is 12.7. The Morgan fingerprint density at radius 2 is 2.28 bits per heavy atom. The standard InChI is InChI=1S/C10H12INO4S.Na/c1-7-2-3-8(12-10(13)4-5-11)6-9(7)17-16-15-14;/h2-3,6,14H,4-5H2,1H3,(H,12,13);/q;+1/p-1. The predicted molar refractivity (Wildman–Crippen MR) is 71.3 cm³/mol. The van der Waals surface area contributed by atoms with Crippen LogP contribution in [-0.4, -0.2) is 10.3 Å². The molecule has 0 unspecified atom stereocenters. The molecule has 1 N–H and O–H groups in total. The molecule has 0 radical (unpaired) electrons. The van der Waals surface area contributed by atoms with Gasteiger partial charge in [0.25, 0.3) is 0 Å². The molecule has 18 heavy (non-hydrogen) atoms. The van der Waals surface area contributed by atoms with E-state index in [1.807, 2.05) is 13.0 Å². The molecule has 8 heteroatoms. The van der Waals surface area contributed by atoms with Gasteiger partial charge in [0, 0.05) is 21.4 Å². The zero-order valence-electron chi connectivity index (χ0n) is 10.1. The van der Waals surface area contributed by atoms with Gasteiger partial charge < -0.3 is 10.6 Å². The Morgan fingerprint density at radius 1 is 1.56 bits per heavy atom. The monoisotopic (exact) mass is 391 g/mol. The Kier molecular flexibility index (Phi) is 10.8. The summed E-state index contributed by atoms with van der Waals surface area (Å²) in [6.07, 6.45) is 0.469. The van der Waals surface area contributed by atoms with Crippen LogP contribution in [0.2, 0.25) is 0 Å². The summed E-state index contributed by atoms with van der Waals surface area (Å²) in [5.74, 6) is -0.0415. The molecule has 0 saturated heterocycles. The van der Waals surface area contributed by atoms with Crippen LogP contribution in [0.4, 0.5) is 5.69 Å². The molecule has 0 aliphatic rings. The maximum atomic E-state index is 11.4. The Bertz CT molecular complexity index is 394. The van der Waals surface area contributed by atoms with E-state index in [1.165, 1.54) is 0 Å². The van der Waals surface area contributed by atoms with E-state index in [4.69, 9.17) is 0 Å². The van der Waals surface area contributed by atoms with Crippen LogP contribution in [0.5, 0.6) is 0 Å². The van der Waals surface area contributed by atoms with Crippen LogP contribution in [0.25, 0.3) is 0 Å². The van der Waals surface area contributed by atoms with Gasteiger partial charge in [0.2, 0.25) is 5.91 Å². The summed E-state index contributed by atoms with van der Waals surface area (Å²) in [6.45, 7) is 1.87. The Hall–Kier alpha value is 0.650. The fourth-order valence-corrected chi connectivity index (χ4v) is 2.09. The first kappa shape index (κ1) is 18.7. The number of carbonyl (C=O) groups is 1. The largest absolute Gasteiger partial charge is 1.00 e. The second kappa shape index (κ2) is 10.4. The maximum Gasteiger partial charge on any atom is 1.00 e. The van der Waals surface area contributed by atoms with E-state index >= 15 is 0 Å². The molecule has 0 fully saturated rings. The van der Waals surface area contributed by atoms with E-state index in [0.29, 0.717) is 17.0 Å². The van der Waals surface area contributed by atoms with Crippen molar-refractivity contribution in [1.29, 1.82) is 0 Å². The van der Waals surface area contributed by atoms with Crippen LogP contribution >= 0.6 is 34.6 Å².